The fourth-order valence-electron chi connectivity index (χ4n) is 5.27. The minimum absolute atomic E-state index is 0.0432. The van der Waals surface area contributed by atoms with Crippen molar-refractivity contribution in [2.45, 2.75) is 45.6 Å². The molecule has 0 aromatic carbocycles. The van der Waals surface area contributed by atoms with Crippen molar-refractivity contribution in [3.63, 3.8) is 0 Å². The van der Waals surface area contributed by atoms with Crippen molar-refractivity contribution < 1.29 is 18.9 Å². The molecule has 4 heteroatoms. The zero-order valence-corrected chi connectivity index (χ0v) is 16.3. The fourth-order valence-corrected chi connectivity index (χ4v) is 5.27. The lowest BCUT2D eigenvalue weighted by Crippen LogP contribution is -2.52. The lowest BCUT2D eigenvalue weighted by molar-refractivity contribution is -0.172. The van der Waals surface area contributed by atoms with Crippen molar-refractivity contribution in [3.05, 3.63) is 24.5 Å². The van der Waals surface area contributed by atoms with Crippen molar-refractivity contribution in [1.29, 1.82) is 0 Å². The van der Waals surface area contributed by atoms with Gasteiger partial charge in [0.15, 0.2) is 0 Å². The van der Waals surface area contributed by atoms with Crippen LogP contribution in [0.2, 0.25) is 0 Å². The molecule has 4 nitrogen and oxygen atoms in total. The zero-order valence-electron chi connectivity index (χ0n) is 16.3. The van der Waals surface area contributed by atoms with Gasteiger partial charge in [-0.05, 0) is 56.4 Å². The van der Waals surface area contributed by atoms with Gasteiger partial charge in [-0.1, -0.05) is 19.6 Å². The summed E-state index contributed by atoms with van der Waals surface area (Å²) in [4.78, 5) is 0. The molecule has 3 aliphatic rings. The lowest BCUT2D eigenvalue weighted by atomic mass is 9.56. The van der Waals surface area contributed by atoms with Crippen LogP contribution in [0.5, 0.6) is 0 Å². The molecular formula is C21H34O4. The summed E-state index contributed by atoms with van der Waals surface area (Å²) in [5.74, 6) is 2.99. The van der Waals surface area contributed by atoms with E-state index in [1.807, 2.05) is 6.08 Å². The second-order valence-electron chi connectivity index (χ2n) is 8.74. The van der Waals surface area contributed by atoms with Crippen molar-refractivity contribution in [3.8, 4) is 0 Å². The Morgan fingerprint density at radius 3 is 2.88 bits per heavy atom. The Labute approximate surface area is 152 Å². The highest BCUT2D eigenvalue weighted by atomic mass is 16.7. The van der Waals surface area contributed by atoms with Gasteiger partial charge in [0.1, 0.15) is 13.4 Å². The van der Waals surface area contributed by atoms with Gasteiger partial charge in [-0.15, -0.1) is 0 Å². The van der Waals surface area contributed by atoms with Gasteiger partial charge in [-0.25, -0.2) is 0 Å². The summed E-state index contributed by atoms with van der Waals surface area (Å²) < 4.78 is 23.3. The zero-order chi connectivity index (χ0) is 18.1. The Hall–Kier alpha value is -0.840. The highest BCUT2D eigenvalue weighted by Gasteiger charge is 2.54. The van der Waals surface area contributed by atoms with Gasteiger partial charge in [-0.3, -0.25) is 0 Å². The van der Waals surface area contributed by atoms with Crippen LogP contribution in [0.25, 0.3) is 0 Å². The third-order valence-electron chi connectivity index (χ3n) is 6.78. The fraction of sp³-hybridized carbons (Fsp3) is 0.810. The third kappa shape index (κ3) is 3.67. The van der Waals surface area contributed by atoms with E-state index in [4.69, 9.17) is 18.9 Å². The molecular weight excluding hydrogens is 316 g/mol. The molecule has 1 heterocycles. The highest BCUT2D eigenvalue weighted by Crippen LogP contribution is 2.58. The van der Waals surface area contributed by atoms with Gasteiger partial charge in [0.2, 0.25) is 0 Å². The third-order valence-corrected chi connectivity index (χ3v) is 6.78. The topological polar surface area (TPSA) is 36.9 Å². The summed E-state index contributed by atoms with van der Waals surface area (Å²) in [6.07, 6.45) is 7.79. The minimum atomic E-state index is -0.0432. The number of fused-ring (bicyclic) bond motifs is 1. The molecule has 3 rings (SSSR count). The first-order valence-corrected chi connectivity index (χ1v) is 9.57. The van der Waals surface area contributed by atoms with Crippen LogP contribution in [-0.2, 0) is 18.9 Å². The molecule has 0 amide bonds. The Balaban J connectivity index is 1.91. The first-order chi connectivity index (χ1) is 11.9. The number of methoxy groups -OCH3 is 1. The maximum absolute atomic E-state index is 6.30. The summed E-state index contributed by atoms with van der Waals surface area (Å²) in [5.41, 5.74) is 0.207. The summed E-state index contributed by atoms with van der Waals surface area (Å²) >= 11 is 0. The number of hydrogen-bond donors (Lipinski definition) is 0. The summed E-state index contributed by atoms with van der Waals surface area (Å²) in [5, 5.41) is 0. The summed E-state index contributed by atoms with van der Waals surface area (Å²) in [6.45, 7) is 13.1. The molecule has 25 heavy (non-hydrogen) atoms. The number of ether oxygens (including phenoxy) is 4. The second kappa shape index (κ2) is 7.42. The van der Waals surface area contributed by atoms with E-state index in [0.717, 1.165) is 12.4 Å². The van der Waals surface area contributed by atoms with Crippen LogP contribution in [0.3, 0.4) is 0 Å². The van der Waals surface area contributed by atoms with Crippen LogP contribution >= 0.6 is 0 Å². The van der Waals surface area contributed by atoms with Crippen molar-refractivity contribution in [2.75, 3.05) is 33.7 Å². The molecule has 0 aromatic rings. The molecule has 2 bridgehead atoms. The van der Waals surface area contributed by atoms with E-state index in [0.29, 0.717) is 43.7 Å². The lowest BCUT2D eigenvalue weighted by Gasteiger charge is -2.54. The van der Waals surface area contributed by atoms with Crippen LogP contribution in [0.1, 0.15) is 40.0 Å². The predicted molar refractivity (Wildman–Crippen MR) is 98.0 cm³/mol. The molecule has 2 fully saturated rings. The summed E-state index contributed by atoms with van der Waals surface area (Å²) in [6, 6.07) is 0. The predicted octanol–water partition coefficient (Wildman–Crippen LogP) is 4.17. The normalized spacial score (nSPS) is 39.3. The molecule has 0 N–H and O–H groups in total. The van der Waals surface area contributed by atoms with Gasteiger partial charge >= 0.3 is 0 Å². The molecule has 2 aliphatic carbocycles. The minimum Gasteiger partial charge on any atom is -0.494 e. The Morgan fingerprint density at radius 2 is 2.16 bits per heavy atom. The van der Waals surface area contributed by atoms with E-state index in [9.17, 15) is 0 Å². The molecule has 1 saturated heterocycles. The average molecular weight is 350 g/mol. The van der Waals surface area contributed by atoms with E-state index in [2.05, 4.69) is 33.4 Å². The van der Waals surface area contributed by atoms with E-state index in [1.54, 1.807) is 7.11 Å². The molecule has 1 aliphatic heterocycles. The number of hydrogen-bond acceptors (Lipinski definition) is 4. The molecule has 1 saturated carbocycles. The first kappa shape index (κ1) is 18.9. The van der Waals surface area contributed by atoms with E-state index >= 15 is 0 Å². The second-order valence-corrected chi connectivity index (χ2v) is 8.74. The van der Waals surface area contributed by atoms with Crippen LogP contribution in [0.4, 0.5) is 0 Å². The van der Waals surface area contributed by atoms with Crippen molar-refractivity contribution in [2.24, 2.45) is 29.1 Å². The van der Waals surface area contributed by atoms with Gasteiger partial charge in [0, 0.05) is 18.9 Å². The van der Waals surface area contributed by atoms with E-state index in [1.165, 1.54) is 19.3 Å². The van der Waals surface area contributed by atoms with Crippen LogP contribution in [0.15, 0.2) is 24.5 Å². The Morgan fingerprint density at radius 1 is 1.36 bits per heavy atom. The van der Waals surface area contributed by atoms with Crippen LogP contribution < -0.4 is 0 Å². The Bertz CT molecular complexity index is 512. The maximum atomic E-state index is 6.30. The first-order valence-electron chi connectivity index (χ1n) is 9.57. The molecule has 0 spiro atoms. The molecule has 0 radical (unpaired) electrons. The monoisotopic (exact) mass is 350 g/mol. The standard InChI is InChI=1S/C21H34O4/c1-6-9-24-19-10-15(12-23-14-22-5)21(4)8-7-18-16(11-21)17(19)13-25-20(18,2)3/h6,10,15-18H,1,7-9,11-14H2,2-5H3/t15-,16-,17-,18-,21+/m1/s1. The summed E-state index contributed by atoms with van der Waals surface area (Å²) in [7, 11) is 1.67. The molecule has 5 atom stereocenters. The maximum Gasteiger partial charge on any atom is 0.146 e. The van der Waals surface area contributed by atoms with Crippen molar-refractivity contribution in [1.82, 2.24) is 0 Å². The smallest absolute Gasteiger partial charge is 0.146 e. The molecule has 142 valence electrons. The largest absolute Gasteiger partial charge is 0.494 e. The SMILES string of the molecule is C=CCOC1=C[C@H](COCOC)[C@@]2(C)CC[C@@H]3[C@H](C2)[C@H]1COC3(C)C. The number of rotatable bonds is 7. The van der Waals surface area contributed by atoms with Gasteiger partial charge in [0.25, 0.3) is 0 Å². The van der Waals surface area contributed by atoms with Crippen molar-refractivity contribution >= 4 is 0 Å². The van der Waals surface area contributed by atoms with E-state index in [-0.39, 0.29) is 11.0 Å². The van der Waals surface area contributed by atoms with Gasteiger partial charge < -0.3 is 18.9 Å². The van der Waals surface area contributed by atoms with E-state index < -0.39 is 0 Å². The van der Waals surface area contributed by atoms with Crippen LogP contribution in [-0.4, -0.2) is 39.3 Å². The Kier molecular flexibility index (Phi) is 5.62. The highest BCUT2D eigenvalue weighted by molar-refractivity contribution is 5.16. The molecule has 0 aromatic heterocycles. The quantitative estimate of drug-likeness (QED) is 0.392. The average Bonchev–Trinajstić information content (AvgIpc) is 2.66. The molecule has 0 unspecified atom stereocenters. The van der Waals surface area contributed by atoms with Crippen LogP contribution in [0, 0.1) is 29.1 Å². The van der Waals surface area contributed by atoms with Gasteiger partial charge in [0.05, 0.1) is 24.6 Å². The van der Waals surface area contributed by atoms with Gasteiger partial charge in [-0.2, -0.15) is 0 Å².